The Morgan fingerprint density at radius 2 is 2.00 bits per heavy atom. The number of anilines is 1. The van der Waals surface area contributed by atoms with Gasteiger partial charge in [0.05, 0.1) is 24.0 Å². The Bertz CT molecular complexity index is 978. The van der Waals surface area contributed by atoms with Crippen molar-refractivity contribution in [2.45, 2.75) is 77.0 Å². The third kappa shape index (κ3) is 3.73. The summed E-state index contributed by atoms with van der Waals surface area (Å²) in [5.41, 5.74) is 2.85. The average Bonchev–Trinajstić information content (AvgIpc) is 3.22. The second-order valence-electron chi connectivity index (χ2n) is 9.20. The maximum Gasteiger partial charge on any atom is 0.224 e. The summed E-state index contributed by atoms with van der Waals surface area (Å²) in [7, 11) is 0. The fourth-order valence-corrected chi connectivity index (χ4v) is 5.09. The first-order chi connectivity index (χ1) is 15.0. The number of ether oxygens (including phenoxy) is 1. The Balaban J connectivity index is 1.59. The van der Waals surface area contributed by atoms with Crippen LogP contribution in [0.15, 0.2) is 18.5 Å². The van der Waals surface area contributed by atoms with E-state index in [1.54, 1.807) is 11.0 Å². The third-order valence-electron chi connectivity index (χ3n) is 7.07. The van der Waals surface area contributed by atoms with Crippen LogP contribution >= 0.6 is 0 Å². The van der Waals surface area contributed by atoms with Crippen molar-refractivity contribution in [3.05, 3.63) is 29.8 Å². The van der Waals surface area contributed by atoms with E-state index >= 15 is 4.39 Å². The highest BCUT2D eigenvalue weighted by Crippen LogP contribution is 2.46. The van der Waals surface area contributed by atoms with E-state index in [9.17, 15) is 4.79 Å². The fraction of sp³-hybridized carbons (Fsp3) is 0.583. The molecule has 1 aromatic heterocycles. The summed E-state index contributed by atoms with van der Waals surface area (Å²) in [4.78, 5) is 14.0. The van der Waals surface area contributed by atoms with Crippen LogP contribution in [-0.2, 0) is 11.2 Å². The summed E-state index contributed by atoms with van der Waals surface area (Å²) < 4.78 is 24.0. The Labute approximate surface area is 182 Å². The van der Waals surface area contributed by atoms with Gasteiger partial charge in [-0.25, -0.2) is 4.39 Å². The number of carbonyl (C=O) groups excluding carboxylic acids is 1. The molecule has 1 amide bonds. The Morgan fingerprint density at radius 1 is 1.23 bits per heavy atom. The second kappa shape index (κ2) is 8.26. The summed E-state index contributed by atoms with van der Waals surface area (Å²) >= 11 is 0. The summed E-state index contributed by atoms with van der Waals surface area (Å²) in [6.07, 6.45) is 10.8. The molecule has 0 radical (unpaired) electrons. The SMILES string of the molecule is CC(=O)N1c2c(F)cc(-c3cnn(C4CCNCC4)c3)c(OC3CCC3)c2CCC1C. The van der Waals surface area contributed by atoms with Gasteiger partial charge in [0.1, 0.15) is 11.6 Å². The zero-order valence-corrected chi connectivity index (χ0v) is 18.4. The maximum atomic E-state index is 15.5. The number of hydrogen-bond acceptors (Lipinski definition) is 4. The molecule has 1 saturated heterocycles. The molecular formula is C24H31FN4O2. The van der Waals surface area contributed by atoms with Crippen molar-refractivity contribution in [2.75, 3.05) is 18.0 Å². The maximum absolute atomic E-state index is 15.5. The number of rotatable bonds is 4. The molecule has 1 saturated carbocycles. The van der Waals surface area contributed by atoms with Gasteiger partial charge in [0.2, 0.25) is 5.91 Å². The molecular weight excluding hydrogens is 395 g/mol. The topological polar surface area (TPSA) is 59.4 Å². The predicted molar refractivity (Wildman–Crippen MR) is 118 cm³/mol. The number of nitrogens with one attached hydrogen (secondary N) is 1. The van der Waals surface area contributed by atoms with Gasteiger partial charge in [0.25, 0.3) is 0 Å². The molecule has 5 rings (SSSR count). The Morgan fingerprint density at radius 3 is 2.68 bits per heavy atom. The molecule has 0 bridgehead atoms. The van der Waals surface area contributed by atoms with Crippen LogP contribution in [-0.4, -0.2) is 40.9 Å². The number of carbonyl (C=O) groups is 1. The number of piperidine rings is 1. The van der Waals surface area contributed by atoms with E-state index in [2.05, 4.69) is 10.4 Å². The first kappa shape index (κ1) is 20.5. The van der Waals surface area contributed by atoms with Gasteiger partial charge in [-0.15, -0.1) is 0 Å². The molecule has 31 heavy (non-hydrogen) atoms. The van der Waals surface area contributed by atoms with Crippen molar-refractivity contribution in [2.24, 2.45) is 0 Å². The van der Waals surface area contributed by atoms with Crippen LogP contribution in [0.1, 0.15) is 64.0 Å². The minimum atomic E-state index is -0.359. The number of hydrogen-bond donors (Lipinski definition) is 1. The lowest BCUT2D eigenvalue weighted by Crippen LogP contribution is -2.41. The van der Waals surface area contributed by atoms with Gasteiger partial charge in [0.15, 0.2) is 0 Å². The van der Waals surface area contributed by atoms with Crippen molar-refractivity contribution in [1.29, 1.82) is 0 Å². The smallest absolute Gasteiger partial charge is 0.224 e. The molecule has 7 heteroatoms. The second-order valence-corrected chi connectivity index (χ2v) is 9.20. The number of aromatic nitrogens is 2. The summed E-state index contributed by atoms with van der Waals surface area (Å²) in [5.74, 6) is 0.250. The quantitative estimate of drug-likeness (QED) is 0.795. The molecule has 166 valence electrons. The molecule has 6 nitrogen and oxygen atoms in total. The highest BCUT2D eigenvalue weighted by Gasteiger charge is 2.34. The number of amides is 1. The van der Waals surface area contributed by atoms with Gasteiger partial charge in [-0.2, -0.15) is 5.10 Å². The van der Waals surface area contributed by atoms with Crippen LogP contribution in [0.3, 0.4) is 0 Å². The lowest BCUT2D eigenvalue weighted by molar-refractivity contribution is -0.117. The van der Waals surface area contributed by atoms with Crippen LogP contribution in [0.5, 0.6) is 5.75 Å². The van der Waals surface area contributed by atoms with E-state index in [0.717, 1.165) is 74.1 Å². The van der Waals surface area contributed by atoms with Crippen LogP contribution in [0.25, 0.3) is 11.1 Å². The third-order valence-corrected chi connectivity index (χ3v) is 7.07. The molecule has 1 aliphatic carbocycles. The number of benzene rings is 1. The van der Waals surface area contributed by atoms with Crippen LogP contribution in [0.4, 0.5) is 10.1 Å². The molecule has 1 N–H and O–H groups in total. The standard InChI is InChI=1S/C24H31FN4O2/c1-15-6-7-20-23(29(15)16(2)30)22(25)12-21(24(20)31-19-4-3-5-19)17-13-27-28(14-17)18-8-10-26-11-9-18/h12-15,18-19,26H,3-11H2,1-2H3. The highest BCUT2D eigenvalue weighted by molar-refractivity contribution is 5.95. The monoisotopic (exact) mass is 426 g/mol. The molecule has 1 unspecified atom stereocenters. The molecule has 3 heterocycles. The van der Waals surface area contributed by atoms with Crippen LogP contribution in [0.2, 0.25) is 0 Å². The van der Waals surface area contributed by atoms with Crippen molar-refractivity contribution in [3.63, 3.8) is 0 Å². The highest BCUT2D eigenvalue weighted by atomic mass is 19.1. The molecule has 1 atom stereocenters. The number of nitrogens with zero attached hydrogens (tertiary/aromatic N) is 3. The van der Waals surface area contributed by atoms with Gasteiger partial charge < -0.3 is 15.0 Å². The van der Waals surface area contributed by atoms with E-state index < -0.39 is 0 Å². The van der Waals surface area contributed by atoms with Crippen molar-refractivity contribution in [3.8, 4) is 16.9 Å². The molecule has 0 spiro atoms. The average molecular weight is 427 g/mol. The molecule has 2 aliphatic heterocycles. The minimum Gasteiger partial charge on any atom is -0.489 e. The summed E-state index contributed by atoms with van der Waals surface area (Å²) in [6.45, 7) is 5.46. The number of fused-ring (bicyclic) bond motifs is 1. The Kier molecular flexibility index (Phi) is 5.46. The van der Waals surface area contributed by atoms with E-state index in [4.69, 9.17) is 4.74 Å². The lowest BCUT2D eigenvalue weighted by Gasteiger charge is -2.37. The lowest BCUT2D eigenvalue weighted by atomic mass is 9.90. The van der Waals surface area contributed by atoms with Crippen molar-refractivity contribution < 1.29 is 13.9 Å². The molecule has 2 fully saturated rings. The van der Waals surface area contributed by atoms with E-state index in [1.165, 1.54) is 6.92 Å². The van der Waals surface area contributed by atoms with Gasteiger partial charge >= 0.3 is 0 Å². The Hall–Kier alpha value is -2.41. The van der Waals surface area contributed by atoms with Crippen LogP contribution < -0.4 is 15.0 Å². The largest absolute Gasteiger partial charge is 0.489 e. The zero-order chi connectivity index (χ0) is 21.5. The predicted octanol–water partition coefficient (Wildman–Crippen LogP) is 4.23. The van der Waals surface area contributed by atoms with Gasteiger partial charge in [-0.1, -0.05) is 0 Å². The number of halogens is 1. The van der Waals surface area contributed by atoms with E-state index in [-0.39, 0.29) is 23.9 Å². The van der Waals surface area contributed by atoms with Gasteiger partial charge in [0, 0.05) is 35.9 Å². The van der Waals surface area contributed by atoms with E-state index in [0.29, 0.717) is 18.2 Å². The molecule has 1 aromatic carbocycles. The summed E-state index contributed by atoms with van der Waals surface area (Å²) in [5, 5.41) is 8.00. The van der Waals surface area contributed by atoms with Crippen LogP contribution in [0, 0.1) is 5.82 Å². The van der Waals surface area contributed by atoms with Gasteiger partial charge in [-0.3, -0.25) is 9.48 Å². The van der Waals surface area contributed by atoms with Crippen molar-refractivity contribution >= 4 is 11.6 Å². The zero-order valence-electron chi connectivity index (χ0n) is 18.4. The first-order valence-electron chi connectivity index (χ1n) is 11.6. The fourth-order valence-electron chi connectivity index (χ4n) is 5.09. The molecule has 3 aliphatic rings. The first-order valence-corrected chi connectivity index (χ1v) is 11.6. The van der Waals surface area contributed by atoms with Crippen molar-refractivity contribution in [1.82, 2.24) is 15.1 Å². The van der Waals surface area contributed by atoms with Gasteiger partial charge in [-0.05, 0) is 71.0 Å². The van der Waals surface area contributed by atoms with E-state index in [1.807, 2.05) is 24.0 Å². The molecule has 2 aromatic rings. The normalized spacial score (nSPS) is 22.2. The summed E-state index contributed by atoms with van der Waals surface area (Å²) in [6, 6.07) is 1.89. The minimum absolute atomic E-state index is 0.0236.